The summed E-state index contributed by atoms with van der Waals surface area (Å²) in [7, 11) is 0. The molecule has 1 amide bonds. The van der Waals surface area contributed by atoms with Crippen LogP contribution in [-0.4, -0.2) is 40.4 Å². The van der Waals surface area contributed by atoms with Gasteiger partial charge in [0.05, 0.1) is 24.4 Å². The topological polar surface area (TPSA) is 40.5 Å². The monoisotopic (exact) mass is 329 g/mol. The lowest BCUT2D eigenvalue weighted by Gasteiger charge is -2.46. The zero-order valence-corrected chi connectivity index (χ0v) is 12.6. The number of aliphatic hydroxyl groups is 1. The normalized spacial score (nSPS) is 17.4. The summed E-state index contributed by atoms with van der Waals surface area (Å²) in [5.41, 5.74) is -0.641. The van der Waals surface area contributed by atoms with E-state index in [2.05, 4.69) is 15.9 Å². The number of rotatable bonds is 4. The quantitative estimate of drug-likeness (QED) is 0.863. The fourth-order valence-corrected chi connectivity index (χ4v) is 2.90. The molecule has 98 valence electrons. The smallest absolute Gasteiger partial charge is 0.233 e. The van der Waals surface area contributed by atoms with Gasteiger partial charge in [-0.2, -0.15) is 0 Å². The van der Waals surface area contributed by atoms with Crippen molar-refractivity contribution in [2.45, 2.75) is 23.8 Å². The van der Waals surface area contributed by atoms with Gasteiger partial charge in [0.1, 0.15) is 0 Å². The molecular formula is C13H16BrNO2S. The molecule has 1 heterocycles. The van der Waals surface area contributed by atoms with E-state index in [0.29, 0.717) is 25.3 Å². The number of thioether (sulfide) groups is 1. The highest BCUT2D eigenvalue weighted by molar-refractivity contribution is 9.10. The number of hydrogen-bond acceptors (Lipinski definition) is 3. The molecule has 0 aliphatic carbocycles. The van der Waals surface area contributed by atoms with Crippen molar-refractivity contribution in [2.75, 3.05) is 18.8 Å². The number of β-amino-alcohol motifs (C(OH)–C–C–N with tert-alkyl or cyclic N) is 1. The molecule has 0 saturated carbocycles. The minimum atomic E-state index is -0.641. The van der Waals surface area contributed by atoms with Gasteiger partial charge in [-0.1, -0.05) is 22.9 Å². The van der Waals surface area contributed by atoms with E-state index in [1.165, 1.54) is 11.8 Å². The van der Waals surface area contributed by atoms with Crippen LogP contribution in [0, 0.1) is 0 Å². The molecule has 0 unspecified atom stereocenters. The van der Waals surface area contributed by atoms with Crippen molar-refractivity contribution in [1.29, 1.82) is 0 Å². The maximum Gasteiger partial charge on any atom is 0.233 e. The Labute approximate surface area is 120 Å². The Morgan fingerprint density at radius 2 is 2.06 bits per heavy atom. The van der Waals surface area contributed by atoms with E-state index in [1.807, 2.05) is 31.2 Å². The number of nitrogens with zero attached hydrogens (tertiary/aromatic N) is 1. The lowest BCUT2D eigenvalue weighted by atomic mass is 9.91. The Balaban J connectivity index is 1.78. The third-order valence-electron chi connectivity index (χ3n) is 3.16. The van der Waals surface area contributed by atoms with Crippen molar-refractivity contribution in [1.82, 2.24) is 4.90 Å². The summed E-state index contributed by atoms with van der Waals surface area (Å²) in [5.74, 6) is 0.530. The Morgan fingerprint density at radius 3 is 2.61 bits per heavy atom. The lowest BCUT2D eigenvalue weighted by molar-refractivity contribution is -0.152. The average molecular weight is 330 g/mol. The van der Waals surface area contributed by atoms with E-state index in [1.54, 1.807) is 4.90 Å². The van der Waals surface area contributed by atoms with Crippen LogP contribution < -0.4 is 0 Å². The molecule has 0 spiro atoms. The summed E-state index contributed by atoms with van der Waals surface area (Å²) in [5, 5.41) is 9.85. The zero-order chi connectivity index (χ0) is 13.2. The van der Waals surface area contributed by atoms with Crippen LogP contribution in [0.1, 0.15) is 13.3 Å². The number of carbonyl (C=O) groups excluding carboxylic acids is 1. The van der Waals surface area contributed by atoms with Gasteiger partial charge in [0, 0.05) is 9.37 Å². The number of carbonyl (C=O) groups is 1. The van der Waals surface area contributed by atoms with Crippen LogP contribution in [0.15, 0.2) is 33.6 Å². The van der Waals surface area contributed by atoms with E-state index in [-0.39, 0.29) is 5.91 Å². The maximum absolute atomic E-state index is 11.9. The van der Waals surface area contributed by atoms with Gasteiger partial charge in [0.2, 0.25) is 5.91 Å². The van der Waals surface area contributed by atoms with Gasteiger partial charge in [-0.05, 0) is 30.7 Å². The van der Waals surface area contributed by atoms with Crippen LogP contribution in [0.25, 0.3) is 0 Å². The van der Waals surface area contributed by atoms with Gasteiger partial charge >= 0.3 is 0 Å². The molecule has 3 nitrogen and oxygen atoms in total. The molecule has 1 fully saturated rings. The van der Waals surface area contributed by atoms with Crippen molar-refractivity contribution < 1.29 is 9.90 Å². The summed E-state index contributed by atoms with van der Waals surface area (Å²) in [6.45, 7) is 2.89. The van der Waals surface area contributed by atoms with Crippen molar-refractivity contribution in [3.63, 3.8) is 0 Å². The van der Waals surface area contributed by atoms with Crippen LogP contribution in [0.2, 0.25) is 0 Å². The maximum atomic E-state index is 11.9. The fourth-order valence-electron chi connectivity index (χ4n) is 1.83. The molecule has 1 aromatic rings. The van der Waals surface area contributed by atoms with E-state index >= 15 is 0 Å². The minimum absolute atomic E-state index is 0.0982. The molecule has 1 saturated heterocycles. The number of benzene rings is 1. The number of hydrogen-bond donors (Lipinski definition) is 1. The van der Waals surface area contributed by atoms with Crippen molar-refractivity contribution in [3.8, 4) is 0 Å². The Hall–Kier alpha value is -0.520. The first kappa shape index (κ1) is 13.9. The van der Waals surface area contributed by atoms with Gasteiger partial charge in [-0.3, -0.25) is 4.79 Å². The van der Waals surface area contributed by atoms with Gasteiger partial charge < -0.3 is 10.0 Å². The van der Waals surface area contributed by atoms with Gasteiger partial charge in [0.15, 0.2) is 0 Å². The number of amides is 1. The zero-order valence-electron chi connectivity index (χ0n) is 10.2. The lowest BCUT2D eigenvalue weighted by Crippen LogP contribution is -2.63. The van der Waals surface area contributed by atoms with Gasteiger partial charge in [-0.15, -0.1) is 11.8 Å². The Kier molecular flexibility index (Phi) is 4.35. The SMILES string of the molecule is CCC1(O)CN(C(=O)CSc2ccc(Br)cc2)C1. The van der Waals surface area contributed by atoms with Crippen molar-refractivity contribution in [3.05, 3.63) is 28.7 Å². The molecule has 2 rings (SSSR count). The third kappa shape index (κ3) is 3.28. The Bertz CT molecular complexity index is 429. The predicted molar refractivity (Wildman–Crippen MR) is 76.7 cm³/mol. The summed E-state index contributed by atoms with van der Waals surface area (Å²) < 4.78 is 1.04. The molecule has 0 bridgehead atoms. The highest BCUT2D eigenvalue weighted by atomic mass is 79.9. The first-order valence-electron chi connectivity index (χ1n) is 5.91. The van der Waals surface area contributed by atoms with Crippen LogP contribution in [0.5, 0.6) is 0 Å². The second-order valence-electron chi connectivity index (χ2n) is 4.57. The highest BCUT2D eigenvalue weighted by Crippen LogP contribution is 2.26. The number of halogens is 1. The molecule has 0 radical (unpaired) electrons. The summed E-state index contributed by atoms with van der Waals surface area (Å²) in [6, 6.07) is 7.90. The van der Waals surface area contributed by atoms with E-state index in [4.69, 9.17) is 0 Å². The van der Waals surface area contributed by atoms with Crippen LogP contribution in [0.3, 0.4) is 0 Å². The summed E-state index contributed by atoms with van der Waals surface area (Å²) in [4.78, 5) is 14.7. The molecular weight excluding hydrogens is 314 g/mol. The third-order valence-corrected chi connectivity index (χ3v) is 4.68. The molecule has 1 N–H and O–H groups in total. The summed E-state index contributed by atoms with van der Waals surface area (Å²) in [6.07, 6.45) is 0.705. The molecule has 1 aliphatic heterocycles. The van der Waals surface area contributed by atoms with Gasteiger partial charge in [0.25, 0.3) is 0 Å². The minimum Gasteiger partial charge on any atom is -0.386 e. The van der Waals surface area contributed by atoms with E-state index < -0.39 is 5.60 Å². The summed E-state index contributed by atoms with van der Waals surface area (Å²) >= 11 is 4.91. The average Bonchev–Trinajstić information content (AvgIpc) is 2.34. The predicted octanol–water partition coefficient (Wildman–Crippen LogP) is 2.52. The van der Waals surface area contributed by atoms with E-state index in [0.717, 1.165) is 9.37 Å². The van der Waals surface area contributed by atoms with Crippen LogP contribution in [0.4, 0.5) is 0 Å². The fraction of sp³-hybridized carbons (Fsp3) is 0.462. The second kappa shape index (κ2) is 5.63. The van der Waals surface area contributed by atoms with E-state index in [9.17, 15) is 9.90 Å². The molecule has 18 heavy (non-hydrogen) atoms. The largest absolute Gasteiger partial charge is 0.386 e. The molecule has 0 aromatic heterocycles. The highest BCUT2D eigenvalue weighted by Gasteiger charge is 2.41. The van der Waals surface area contributed by atoms with Crippen molar-refractivity contribution >= 4 is 33.6 Å². The molecule has 1 aromatic carbocycles. The Morgan fingerprint density at radius 1 is 1.44 bits per heavy atom. The first-order valence-corrected chi connectivity index (χ1v) is 7.69. The molecule has 0 atom stereocenters. The first-order chi connectivity index (χ1) is 8.52. The molecule has 5 heteroatoms. The van der Waals surface area contributed by atoms with Crippen LogP contribution >= 0.6 is 27.7 Å². The van der Waals surface area contributed by atoms with Gasteiger partial charge in [-0.25, -0.2) is 0 Å². The standard InChI is InChI=1S/C13H16BrNO2S/c1-2-13(17)8-15(9-13)12(16)7-18-11-5-3-10(14)4-6-11/h3-6,17H,2,7-9H2,1H3. The second-order valence-corrected chi connectivity index (χ2v) is 6.53. The molecule has 1 aliphatic rings. The van der Waals surface area contributed by atoms with Crippen molar-refractivity contribution in [2.24, 2.45) is 0 Å². The van der Waals surface area contributed by atoms with Crippen LogP contribution in [-0.2, 0) is 4.79 Å². The number of likely N-dealkylation sites (tertiary alicyclic amines) is 1.